The van der Waals surface area contributed by atoms with Crippen molar-refractivity contribution in [3.8, 4) is 0 Å². The number of carbonyl (C=O) groups is 3. The fraction of sp³-hybridized carbons (Fsp3) is 0.276. The van der Waals surface area contributed by atoms with Gasteiger partial charge in [-0.05, 0) is 54.8 Å². The summed E-state index contributed by atoms with van der Waals surface area (Å²) in [7, 11) is 0. The summed E-state index contributed by atoms with van der Waals surface area (Å²) in [5, 5.41) is 5.83. The highest BCUT2D eigenvalue weighted by Crippen LogP contribution is 2.39. The molecule has 7 heteroatoms. The molecule has 1 aliphatic rings. The molecule has 0 radical (unpaired) electrons. The van der Waals surface area contributed by atoms with Gasteiger partial charge in [0.05, 0.1) is 23.8 Å². The molecule has 0 spiro atoms. The number of nitrogens with zero attached hydrogens (tertiary/aromatic N) is 1. The summed E-state index contributed by atoms with van der Waals surface area (Å²) in [6, 6.07) is 21.4. The van der Waals surface area contributed by atoms with Gasteiger partial charge in [0.25, 0.3) is 11.8 Å². The topological polar surface area (TPSA) is 105 Å². The van der Waals surface area contributed by atoms with Crippen LogP contribution in [0.1, 0.15) is 58.2 Å². The highest BCUT2D eigenvalue weighted by molar-refractivity contribution is 6.12. The lowest BCUT2D eigenvalue weighted by molar-refractivity contribution is -0.116. The van der Waals surface area contributed by atoms with E-state index in [0.717, 1.165) is 11.1 Å². The molecule has 0 aromatic heterocycles. The van der Waals surface area contributed by atoms with Crippen LogP contribution < -0.4 is 21.3 Å². The summed E-state index contributed by atoms with van der Waals surface area (Å²) in [6.45, 7) is 6.74. The van der Waals surface area contributed by atoms with Crippen LogP contribution in [-0.2, 0) is 4.79 Å². The van der Waals surface area contributed by atoms with E-state index in [4.69, 9.17) is 5.73 Å². The van der Waals surface area contributed by atoms with Crippen LogP contribution in [-0.4, -0.2) is 30.8 Å². The van der Waals surface area contributed by atoms with Crippen molar-refractivity contribution in [1.82, 2.24) is 5.32 Å². The van der Waals surface area contributed by atoms with Gasteiger partial charge in [-0.25, -0.2) is 0 Å². The fourth-order valence-electron chi connectivity index (χ4n) is 4.23. The quantitative estimate of drug-likeness (QED) is 0.481. The van der Waals surface area contributed by atoms with Gasteiger partial charge in [0.2, 0.25) is 5.91 Å². The van der Waals surface area contributed by atoms with E-state index in [2.05, 4.69) is 10.6 Å². The first-order valence-electron chi connectivity index (χ1n) is 12.1. The van der Waals surface area contributed by atoms with Gasteiger partial charge >= 0.3 is 0 Å². The Balaban J connectivity index is 1.77. The van der Waals surface area contributed by atoms with Crippen LogP contribution in [0.5, 0.6) is 0 Å². The minimum absolute atomic E-state index is 0.0858. The van der Waals surface area contributed by atoms with Crippen molar-refractivity contribution in [2.24, 2.45) is 11.1 Å². The number of nitrogens with two attached hydrogens (primary N) is 1. The predicted octanol–water partition coefficient (Wildman–Crippen LogP) is 4.44. The van der Waals surface area contributed by atoms with Crippen molar-refractivity contribution in [3.05, 3.63) is 95.1 Å². The van der Waals surface area contributed by atoms with Crippen LogP contribution in [0.3, 0.4) is 0 Å². The molecule has 7 nitrogen and oxygen atoms in total. The Labute approximate surface area is 211 Å². The van der Waals surface area contributed by atoms with Gasteiger partial charge < -0.3 is 16.4 Å². The van der Waals surface area contributed by atoms with Crippen LogP contribution in [0.15, 0.2) is 72.8 Å². The van der Waals surface area contributed by atoms with E-state index < -0.39 is 6.04 Å². The molecule has 4 N–H and O–H groups in total. The third-order valence-electron chi connectivity index (χ3n) is 6.43. The van der Waals surface area contributed by atoms with E-state index in [9.17, 15) is 14.4 Å². The molecule has 0 fully saturated rings. The molecule has 0 saturated heterocycles. The molecule has 186 valence electrons. The number of anilines is 2. The molecular weight excluding hydrogens is 452 g/mol. The highest BCUT2D eigenvalue weighted by Gasteiger charge is 2.34. The molecule has 1 unspecified atom stereocenters. The Kier molecular flexibility index (Phi) is 7.22. The average Bonchev–Trinajstić information content (AvgIpc) is 3.02. The number of nitrogens with one attached hydrogen (secondary N) is 2. The molecular formula is C29H32N4O3. The summed E-state index contributed by atoms with van der Waals surface area (Å²) >= 11 is 0. The van der Waals surface area contributed by atoms with Crippen LogP contribution in [0.4, 0.5) is 11.4 Å². The number of hydrogen-bond donors (Lipinski definition) is 3. The van der Waals surface area contributed by atoms with Crippen molar-refractivity contribution in [3.63, 3.8) is 0 Å². The second kappa shape index (κ2) is 10.3. The summed E-state index contributed by atoms with van der Waals surface area (Å²) in [5.41, 5.74) is 9.24. The lowest BCUT2D eigenvalue weighted by Gasteiger charge is -2.31. The predicted molar refractivity (Wildman–Crippen MR) is 142 cm³/mol. The number of hydrogen-bond acceptors (Lipinski definition) is 4. The van der Waals surface area contributed by atoms with Crippen molar-refractivity contribution < 1.29 is 14.4 Å². The number of rotatable bonds is 6. The Morgan fingerprint density at radius 3 is 2.47 bits per heavy atom. The smallest absolute Gasteiger partial charge is 0.258 e. The van der Waals surface area contributed by atoms with Crippen molar-refractivity contribution >= 4 is 29.1 Å². The first kappa shape index (κ1) is 25.1. The largest absolute Gasteiger partial charge is 0.351 e. The molecule has 1 atom stereocenters. The van der Waals surface area contributed by atoms with Gasteiger partial charge in [-0.3, -0.25) is 19.3 Å². The van der Waals surface area contributed by atoms with Gasteiger partial charge in [0, 0.05) is 17.7 Å². The maximum Gasteiger partial charge on any atom is 0.258 e. The molecule has 36 heavy (non-hydrogen) atoms. The first-order chi connectivity index (χ1) is 17.2. The summed E-state index contributed by atoms with van der Waals surface area (Å²) in [6.07, 6.45) is 0.0858. The number of benzene rings is 3. The molecule has 3 aromatic rings. The van der Waals surface area contributed by atoms with Gasteiger partial charge in [-0.2, -0.15) is 0 Å². The monoisotopic (exact) mass is 484 g/mol. The van der Waals surface area contributed by atoms with Crippen molar-refractivity contribution in [1.29, 1.82) is 0 Å². The lowest BCUT2D eigenvalue weighted by atomic mass is 9.94. The average molecular weight is 485 g/mol. The minimum atomic E-state index is -0.509. The third kappa shape index (κ3) is 5.47. The zero-order valence-electron chi connectivity index (χ0n) is 20.9. The van der Waals surface area contributed by atoms with Crippen LogP contribution in [0.2, 0.25) is 0 Å². The fourth-order valence-corrected chi connectivity index (χ4v) is 4.23. The maximum atomic E-state index is 13.9. The van der Waals surface area contributed by atoms with Crippen LogP contribution in [0, 0.1) is 12.3 Å². The molecule has 4 rings (SSSR count). The Bertz CT molecular complexity index is 1290. The molecule has 3 aromatic carbocycles. The maximum absolute atomic E-state index is 13.9. The van der Waals surface area contributed by atoms with Gasteiger partial charge in [0.1, 0.15) is 0 Å². The van der Waals surface area contributed by atoms with Crippen molar-refractivity contribution in [2.75, 3.05) is 23.3 Å². The van der Waals surface area contributed by atoms with Gasteiger partial charge in [-0.15, -0.1) is 0 Å². The molecule has 3 amide bonds. The van der Waals surface area contributed by atoms with E-state index in [1.807, 2.05) is 69.3 Å². The second-order valence-corrected chi connectivity index (χ2v) is 10.0. The molecule has 0 aliphatic carbocycles. The van der Waals surface area contributed by atoms with E-state index in [1.165, 1.54) is 0 Å². The van der Waals surface area contributed by atoms with Gasteiger partial charge in [-0.1, -0.05) is 61.9 Å². The summed E-state index contributed by atoms with van der Waals surface area (Å²) < 4.78 is 0. The van der Waals surface area contributed by atoms with E-state index in [-0.39, 0.29) is 29.6 Å². The van der Waals surface area contributed by atoms with Crippen molar-refractivity contribution in [2.45, 2.75) is 33.2 Å². The zero-order valence-corrected chi connectivity index (χ0v) is 20.9. The van der Waals surface area contributed by atoms with Crippen LogP contribution in [0.25, 0.3) is 0 Å². The molecule has 0 bridgehead atoms. The number of fused-ring (bicyclic) bond motifs is 1. The summed E-state index contributed by atoms with van der Waals surface area (Å²) in [5.74, 6) is -0.715. The zero-order chi connectivity index (χ0) is 25.9. The van der Waals surface area contributed by atoms with E-state index in [0.29, 0.717) is 35.6 Å². The standard InChI is InChI=1S/C29H32N4O3/c1-19-8-7-11-22(14-19)28(36)33-24-13-12-21(27(35)31-18-29(2,3)17-30)15-23(24)32-26(34)16-25(33)20-9-5-4-6-10-20/h4-15,25H,16-18,30H2,1-3H3,(H,31,35)(H,32,34). The van der Waals surface area contributed by atoms with Gasteiger partial charge in [0.15, 0.2) is 0 Å². The highest BCUT2D eigenvalue weighted by atomic mass is 16.2. The normalized spacial score (nSPS) is 15.5. The SMILES string of the molecule is Cc1cccc(C(=O)N2c3ccc(C(=O)NCC(C)(C)CN)cc3NC(=O)CC2c2ccccc2)c1. The Morgan fingerprint density at radius 2 is 1.78 bits per heavy atom. The number of carbonyl (C=O) groups excluding carboxylic acids is 3. The summed E-state index contributed by atoms with van der Waals surface area (Å²) in [4.78, 5) is 41.5. The Morgan fingerprint density at radius 1 is 1.03 bits per heavy atom. The second-order valence-electron chi connectivity index (χ2n) is 10.0. The van der Waals surface area contributed by atoms with E-state index in [1.54, 1.807) is 29.2 Å². The lowest BCUT2D eigenvalue weighted by Crippen LogP contribution is -2.38. The third-order valence-corrected chi connectivity index (χ3v) is 6.43. The Hall–Kier alpha value is -3.97. The molecule has 1 heterocycles. The number of amides is 3. The van der Waals surface area contributed by atoms with E-state index >= 15 is 0 Å². The first-order valence-corrected chi connectivity index (χ1v) is 12.1. The molecule has 0 saturated carbocycles. The molecule has 1 aliphatic heterocycles. The van der Waals surface area contributed by atoms with Crippen LogP contribution >= 0.6 is 0 Å². The number of aryl methyl sites for hydroxylation is 1. The minimum Gasteiger partial charge on any atom is -0.351 e.